The highest BCUT2D eigenvalue weighted by atomic mass is 35.5. The molecule has 0 spiro atoms. The molecule has 1 saturated heterocycles. The van der Waals surface area contributed by atoms with E-state index < -0.39 is 0 Å². The zero-order valence-electron chi connectivity index (χ0n) is 12.7. The van der Waals surface area contributed by atoms with Crippen LogP contribution in [0, 0.1) is 0 Å². The van der Waals surface area contributed by atoms with Gasteiger partial charge in [-0.05, 0) is 62.8 Å². The largest absolute Gasteiger partial charge is 0.378 e. The molecule has 2 rings (SSSR count). The van der Waals surface area contributed by atoms with E-state index in [1.165, 1.54) is 24.8 Å². The molecule has 1 N–H and O–H groups in total. The van der Waals surface area contributed by atoms with E-state index in [4.69, 9.17) is 27.9 Å². The van der Waals surface area contributed by atoms with Crippen molar-refractivity contribution in [1.29, 1.82) is 0 Å². The van der Waals surface area contributed by atoms with Crippen molar-refractivity contribution in [1.82, 2.24) is 5.32 Å². The smallest absolute Gasteiger partial charge is 0.0595 e. The van der Waals surface area contributed by atoms with Crippen LogP contribution >= 0.6 is 23.2 Å². The average molecular weight is 330 g/mol. The lowest BCUT2D eigenvalue weighted by atomic mass is 9.99. The standard InChI is InChI=1S/C17H25Cl2NO/c1-2-10-20-17(7-3-5-14-6-4-11-21-14)13-8-9-15(18)16(19)12-13/h8-9,12,14,17,20H,2-7,10-11H2,1H3. The second-order valence-corrected chi connectivity index (χ2v) is 6.56. The van der Waals surface area contributed by atoms with Crippen LogP contribution in [0.1, 0.15) is 57.1 Å². The molecule has 1 heterocycles. The predicted molar refractivity (Wildman–Crippen MR) is 90.3 cm³/mol. The van der Waals surface area contributed by atoms with Crippen molar-refractivity contribution in [3.8, 4) is 0 Å². The number of benzene rings is 1. The third-order valence-corrected chi connectivity index (χ3v) is 4.77. The zero-order chi connectivity index (χ0) is 15.1. The van der Waals surface area contributed by atoms with Crippen molar-refractivity contribution in [3.63, 3.8) is 0 Å². The summed E-state index contributed by atoms with van der Waals surface area (Å²) in [5.41, 5.74) is 1.23. The molecule has 0 radical (unpaired) electrons. The van der Waals surface area contributed by atoms with Crippen molar-refractivity contribution in [2.45, 2.75) is 57.6 Å². The fourth-order valence-electron chi connectivity index (χ4n) is 2.86. The van der Waals surface area contributed by atoms with Gasteiger partial charge >= 0.3 is 0 Å². The van der Waals surface area contributed by atoms with Gasteiger partial charge in [-0.25, -0.2) is 0 Å². The summed E-state index contributed by atoms with van der Waals surface area (Å²) in [6, 6.07) is 6.30. The van der Waals surface area contributed by atoms with Gasteiger partial charge in [0.1, 0.15) is 0 Å². The summed E-state index contributed by atoms with van der Waals surface area (Å²) in [5, 5.41) is 4.87. The Labute approximate surface area is 138 Å². The molecule has 118 valence electrons. The Hall–Kier alpha value is -0.280. The van der Waals surface area contributed by atoms with Gasteiger partial charge in [-0.2, -0.15) is 0 Å². The summed E-state index contributed by atoms with van der Waals surface area (Å²) in [7, 11) is 0. The van der Waals surface area contributed by atoms with Crippen LogP contribution < -0.4 is 5.32 Å². The molecule has 2 unspecified atom stereocenters. The minimum absolute atomic E-state index is 0.348. The highest BCUT2D eigenvalue weighted by Crippen LogP contribution is 2.28. The van der Waals surface area contributed by atoms with Gasteiger partial charge in [0, 0.05) is 12.6 Å². The van der Waals surface area contributed by atoms with Crippen LogP contribution in [0.3, 0.4) is 0 Å². The first-order valence-corrected chi connectivity index (χ1v) is 8.76. The molecule has 1 aromatic rings. The fraction of sp³-hybridized carbons (Fsp3) is 0.647. The first-order valence-electron chi connectivity index (χ1n) is 8.00. The van der Waals surface area contributed by atoms with Crippen molar-refractivity contribution in [2.75, 3.05) is 13.2 Å². The van der Waals surface area contributed by atoms with E-state index in [1.807, 2.05) is 12.1 Å². The number of hydrogen-bond acceptors (Lipinski definition) is 2. The Morgan fingerprint density at radius 2 is 2.19 bits per heavy atom. The fourth-order valence-corrected chi connectivity index (χ4v) is 3.16. The van der Waals surface area contributed by atoms with Gasteiger partial charge in [0.25, 0.3) is 0 Å². The SMILES string of the molecule is CCCNC(CCCC1CCCO1)c1ccc(Cl)c(Cl)c1. The van der Waals surface area contributed by atoms with E-state index >= 15 is 0 Å². The van der Waals surface area contributed by atoms with Crippen molar-refractivity contribution in [3.05, 3.63) is 33.8 Å². The van der Waals surface area contributed by atoms with Crippen molar-refractivity contribution >= 4 is 23.2 Å². The minimum Gasteiger partial charge on any atom is -0.378 e. The number of ether oxygens (including phenoxy) is 1. The Kier molecular flexibility index (Phi) is 7.31. The van der Waals surface area contributed by atoms with Crippen LogP contribution in [-0.4, -0.2) is 19.3 Å². The molecule has 0 amide bonds. The van der Waals surface area contributed by atoms with Crippen LogP contribution in [0.2, 0.25) is 10.0 Å². The summed E-state index contributed by atoms with van der Waals surface area (Å²) in [6.07, 6.45) is 7.49. The van der Waals surface area contributed by atoms with Crippen LogP contribution in [0.5, 0.6) is 0 Å². The second kappa shape index (κ2) is 8.99. The van der Waals surface area contributed by atoms with Gasteiger partial charge in [-0.15, -0.1) is 0 Å². The quantitative estimate of drug-likeness (QED) is 0.690. The number of halogens is 2. The molecule has 1 aliphatic heterocycles. The summed E-state index contributed by atoms with van der Waals surface area (Å²) in [6.45, 7) is 4.14. The summed E-state index contributed by atoms with van der Waals surface area (Å²) < 4.78 is 5.70. The lowest BCUT2D eigenvalue weighted by molar-refractivity contribution is 0.101. The van der Waals surface area contributed by atoms with Crippen LogP contribution in [-0.2, 0) is 4.74 Å². The van der Waals surface area contributed by atoms with Crippen LogP contribution in [0.25, 0.3) is 0 Å². The molecule has 4 heteroatoms. The molecule has 1 aliphatic rings. The third-order valence-electron chi connectivity index (χ3n) is 4.03. The molecule has 0 bridgehead atoms. The van der Waals surface area contributed by atoms with E-state index in [9.17, 15) is 0 Å². The highest BCUT2D eigenvalue weighted by molar-refractivity contribution is 6.42. The van der Waals surface area contributed by atoms with Crippen LogP contribution in [0.15, 0.2) is 18.2 Å². The molecule has 1 fully saturated rings. The predicted octanol–water partition coefficient (Wildman–Crippen LogP) is 5.38. The molecule has 0 aliphatic carbocycles. The van der Waals surface area contributed by atoms with E-state index in [0.717, 1.165) is 32.4 Å². The number of rotatable bonds is 8. The molecule has 2 atom stereocenters. The van der Waals surface area contributed by atoms with Gasteiger partial charge in [-0.3, -0.25) is 0 Å². The van der Waals surface area contributed by atoms with Crippen molar-refractivity contribution < 1.29 is 4.74 Å². The normalized spacial score (nSPS) is 19.9. The molecule has 1 aromatic carbocycles. The lowest BCUT2D eigenvalue weighted by Gasteiger charge is -2.20. The highest BCUT2D eigenvalue weighted by Gasteiger charge is 2.17. The Bertz CT molecular complexity index is 433. The van der Waals surface area contributed by atoms with E-state index in [-0.39, 0.29) is 0 Å². The Morgan fingerprint density at radius 3 is 2.86 bits per heavy atom. The minimum atomic E-state index is 0.348. The molecular weight excluding hydrogens is 305 g/mol. The van der Waals surface area contributed by atoms with Gasteiger partial charge < -0.3 is 10.1 Å². The maximum absolute atomic E-state index is 6.15. The first kappa shape index (κ1) is 17.1. The number of nitrogens with one attached hydrogen (secondary N) is 1. The maximum Gasteiger partial charge on any atom is 0.0595 e. The second-order valence-electron chi connectivity index (χ2n) is 5.75. The van der Waals surface area contributed by atoms with Crippen molar-refractivity contribution in [2.24, 2.45) is 0 Å². The average Bonchev–Trinajstić information content (AvgIpc) is 2.99. The van der Waals surface area contributed by atoms with Gasteiger partial charge in [-0.1, -0.05) is 36.2 Å². The first-order chi connectivity index (χ1) is 10.2. The molecule has 21 heavy (non-hydrogen) atoms. The van der Waals surface area contributed by atoms with Gasteiger partial charge in [0.15, 0.2) is 0 Å². The van der Waals surface area contributed by atoms with E-state index in [1.54, 1.807) is 0 Å². The third kappa shape index (κ3) is 5.45. The summed E-state index contributed by atoms with van der Waals surface area (Å²) in [5.74, 6) is 0. The van der Waals surface area contributed by atoms with E-state index in [2.05, 4.69) is 18.3 Å². The topological polar surface area (TPSA) is 21.3 Å². The van der Waals surface area contributed by atoms with Gasteiger partial charge in [0.05, 0.1) is 16.1 Å². The Morgan fingerprint density at radius 1 is 1.33 bits per heavy atom. The van der Waals surface area contributed by atoms with Gasteiger partial charge in [0.2, 0.25) is 0 Å². The molecular formula is C17H25Cl2NO. The maximum atomic E-state index is 6.15. The molecule has 0 saturated carbocycles. The van der Waals surface area contributed by atoms with E-state index in [0.29, 0.717) is 22.2 Å². The number of hydrogen-bond donors (Lipinski definition) is 1. The Balaban J connectivity index is 1.90. The molecule has 0 aromatic heterocycles. The molecule has 2 nitrogen and oxygen atoms in total. The van der Waals surface area contributed by atoms with Crippen LogP contribution in [0.4, 0.5) is 0 Å². The zero-order valence-corrected chi connectivity index (χ0v) is 14.2. The summed E-state index contributed by atoms with van der Waals surface area (Å²) in [4.78, 5) is 0. The monoisotopic (exact) mass is 329 g/mol. The lowest BCUT2D eigenvalue weighted by Crippen LogP contribution is -2.22. The summed E-state index contributed by atoms with van der Waals surface area (Å²) >= 11 is 12.2.